The number of hydrogen-bond donors (Lipinski definition) is 1. The van der Waals surface area contributed by atoms with Crippen molar-refractivity contribution in [2.24, 2.45) is 5.92 Å². The number of methoxy groups -OCH3 is 1. The van der Waals surface area contributed by atoms with Crippen LogP contribution < -0.4 is 5.73 Å². The van der Waals surface area contributed by atoms with E-state index < -0.39 is 0 Å². The van der Waals surface area contributed by atoms with Crippen LogP contribution in [0.15, 0.2) is 6.20 Å². The number of nitrogens with zero attached hydrogens (tertiary/aromatic N) is 3. The molecular formula is C13H20N4O3. The average Bonchev–Trinajstić information content (AvgIpc) is 2.87. The quantitative estimate of drug-likeness (QED) is 0.815. The van der Waals surface area contributed by atoms with Crippen molar-refractivity contribution in [2.45, 2.75) is 26.3 Å². The summed E-state index contributed by atoms with van der Waals surface area (Å²) >= 11 is 0. The third-order valence-corrected chi connectivity index (χ3v) is 3.56. The number of esters is 1. The maximum Gasteiger partial charge on any atom is 0.310 e. The van der Waals surface area contributed by atoms with Gasteiger partial charge in [-0.25, -0.2) is 0 Å². The first-order valence-corrected chi connectivity index (χ1v) is 6.76. The van der Waals surface area contributed by atoms with E-state index in [1.54, 1.807) is 15.8 Å². The molecule has 1 aromatic rings. The number of carbonyl (C=O) groups excluding carboxylic acids is 2. The number of hydrogen-bond acceptors (Lipinski definition) is 5. The number of amides is 1. The Labute approximate surface area is 117 Å². The molecule has 0 aliphatic carbocycles. The van der Waals surface area contributed by atoms with Gasteiger partial charge in [-0.15, -0.1) is 0 Å². The molecule has 2 N–H and O–H groups in total. The number of aryl methyl sites for hydroxylation is 1. The lowest BCUT2D eigenvalue weighted by Crippen LogP contribution is -2.43. The number of carbonyl (C=O) groups is 2. The number of rotatable bonds is 3. The molecule has 2 rings (SSSR count). The van der Waals surface area contributed by atoms with Crippen molar-refractivity contribution in [1.29, 1.82) is 0 Å². The highest BCUT2D eigenvalue weighted by atomic mass is 16.5. The first kappa shape index (κ1) is 14.4. The van der Waals surface area contributed by atoms with E-state index in [1.165, 1.54) is 7.11 Å². The van der Waals surface area contributed by atoms with Crippen LogP contribution in [0.5, 0.6) is 0 Å². The summed E-state index contributed by atoms with van der Waals surface area (Å²) in [6.07, 6.45) is 3.17. The number of ether oxygens (including phenoxy) is 1. The molecule has 0 saturated carbocycles. The van der Waals surface area contributed by atoms with E-state index >= 15 is 0 Å². The molecule has 20 heavy (non-hydrogen) atoms. The van der Waals surface area contributed by atoms with Gasteiger partial charge in [0.15, 0.2) is 5.69 Å². The number of nitrogen functional groups attached to an aromatic ring is 1. The second kappa shape index (κ2) is 5.94. The molecule has 1 aliphatic heterocycles. The molecular weight excluding hydrogens is 260 g/mol. The molecule has 2 heterocycles. The van der Waals surface area contributed by atoms with E-state index in [0.29, 0.717) is 25.3 Å². The van der Waals surface area contributed by atoms with Gasteiger partial charge >= 0.3 is 5.97 Å². The highest BCUT2D eigenvalue weighted by Gasteiger charge is 2.31. The Morgan fingerprint density at radius 2 is 2.30 bits per heavy atom. The fourth-order valence-corrected chi connectivity index (χ4v) is 2.44. The van der Waals surface area contributed by atoms with Gasteiger partial charge in [-0.05, 0) is 19.8 Å². The largest absolute Gasteiger partial charge is 0.469 e. The number of nitrogens with two attached hydrogens (primary N) is 1. The third kappa shape index (κ3) is 2.76. The van der Waals surface area contributed by atoms with Crippen molar-refractivity contribution >= 4 is 17.6 Å². The zero-order chi connectivity index (χ0) is 14.7. The summed E-state index contributed by atoms with van der Waals surface area (Å²) in [6.45, 7) is 3.56. The number of aromatic nitrogens is 2. The predicted molar refractivity (Wildman–Crippen MR) is 73.0 cm³/mol. The topological polar surface area (TPSA) is 90.5 Å². The maximum absolute atomic E-state index is 12.4. The SMILES string of the molecule is CCn1cc(N)c(C(=O)N2CCCC(C(=O)OC)C2)n1. The lowest BCUT2D eigenvalue weighted by atomic mass is 9.98. The molecule has 7 heteroatoms. The smallest absolute Gasteiger partial charge is 0.310 e. The summed E-state index contributed by atoms with van der Waals surface area (Å²) in [6, 6.07) is 0. The Morgan fingerprint density at radius 1 is 1.55 bits per heavy atom. The molecule has 0 radical (unpaired) electrons. The molecule has 1 aromatic heterocycles. The number of anilines is 1. The summed E-state index contributed by atoms with van der Waals surface area (Å²) in [5, 5.41) is 4.18. The molecule has 0 bridgehead atoms. The van der Waals surface area contributed by atoms with Gasteiger partial charge in [0.2, 0.25) is 0 Å². The van der Waals surface area contributed by atoms with E-state index in [2.05, 4.69) is 5.10 Å². The lowest BCUT2D eigenvalue weighted by molar-refractivity contribution is -0.146. The van der Waals surface area contributed by atoms with E-state index in [9.17, 15) is 9.59 Å². The molecule has 1 amide bonds. The van der Waals surface area contributed by atoms with Gasteiger partial charge < -0.3 is 15.4 Å². The minimum absolute atomic E-state index is 0.219. The van der Waals surface area contributed by atoms with Crippen LogP contribution in [-0.4, -0.2) is 46.8 Å². The molecule has 1 aliphatic rings. The molecule has 1 fully saturated rings. The standard InChI is InChI=1S/C13H20N4O3/c1-3-17-8-10(14)11(15-17)12(18)16-6-4-5-9(7-16)13(19)20-2/h8-9H,3-7,14H2,1-2H3. The van der Waals surface area contributed by atoms with Crippen LogP contribution in [0, 0.1) is 5.92 Å². The van der Waals surface area contributed by atoms with Crippen LogP contribution in [0.1, 0.15) is 30.3 Å². The third-order valence-electron chi connectivity index (χ3n) is 3.56. The maximum atomic E-state index is 12.4. The number of piperidine rings is 1. The molecule has 7 nitrogen and oxygen atoms in total. The van der Waals surface area contributed by atoms with Crippen LogP contribution in [0.4, 0.5) is 5.69 Å². The Bertz CT molecular complexity index is 512. The van der Waals surface area contributed by atoms with Crippen LogP contribution in [0.25, 0.3) is 0 Å². The fourth-order valence-electron chi connectivity index (χ4n) is 2.44. The average molecular weight is 280 g/mol. The van der Waals surface area contributed by atoms with Gasteiger partial charge in [-0.2, -0.15) is 5.10 Å². The van der Waals surface area contributed by atoms with Crippen molar-refractivity contribution in [3.05, 3.63) is 11.9 Å². The Morgan fingerprint density at radius 3 is 2.90 bits per heavy atom. The summed E-state index contributed by atoms with van der Waals surface area (Å²) in [7, 11) is 1.37. The van der Waals surface area contributed by atoms with Gasteiger partial charge in [0.25, 0.3) is 5.91 Å². The van der Waals surface area contributed by atoms with Crippen LogP contribution in [-0.2, 0) is 16.1 Å². The normalized spacial score (nSPS) is 18.9. The van der Waals surface area contributed by atoms with E-state index in [0.717, 1.165) is 12.8 Å². The highest BCUT2D eigenvalue weighted by Crippen LogP contribution is 2.21. The van der Waals surface area contributed by atoms with Crippen molar-refractivity contribution in [2.75, 3.05) is 25.9 Å². The molecule has 1 atom stereocenters. The highest BCUT2D eigenvalue weighted by molar-refractivity contribution is 5.97. The fraction of sp³-hybridized carbons (Fsp3) is 0.615. The van der Waals surface area contributed by atoms with Gasteiger partial charge in [0, 0.05) is 25.8 Å². The zero-order valence-electron chi connectivity index (χ0n) is 11.8. The van der Waals surface area contributed by atoms with Crippen LogP contribution >= 0.6 is 0 Å². The lowest BCUT2D eigenvalue weighted by Gasteiger charge is -2.30. The molecule has 0 aromatic carbocycles. The minimum Gasteiger partial charge on any atom is -0.469 e. The molecule has 1 saturated heterocycles. The van der Waals surface area contributed by atoms with Gasteiger partial charge in [-0.3, -0.25) is 14.3 Å². The first-order chi connectivity index (χ1) is 9.56. The van der Waals surface area contributed by atoms with Gasteiger partial charge in [-0.1, -0.05) is 0 Å². The second-order valence-electron chi connectivity index (χ2n) is 4.90. The Balaban J connectivity index is 2.12. The van der Waals surface area contributed by atoms with Crippen molar-refractivity contribution in [3.63, 3.8) is 0 Å². The van der Waals surface area contributed by atoms with E-state index in [1.807, 2.05) is 6.92 Å². The zero-order valence-corrected chi connectivity index (χ0v) is 11.8. The second-order valence-corrected chi connectivity index (χ2v) is 4.90. The summed E-state index contributed by atoms with van der Waals surface area (Å²) in [5.41, 5.74) is 6.46. The Hall–Kier alpha value is -2.05. The molecule has 0 spiro atoms. The monoisotopic (exact) mass is 280 g/mol. The van der Waals surface area contributed by atoms with Gasteiger partial charge in [0.05, 0.1) is 18.7 Å². The molecule has 1 unspecified atom stereocenters. The predicted octanol–water partition coefficient (Wildman–Crippen LogP) is 0.510. The van der Waals surface area contributed by atoms with Crippen molar-refractivity contribution in [1.82, 2.24) is 14.7 Å². The van der Waals surface area contributed by atoms with Crippen molar-refractivity contribution < 1.29 is 14.3 Å². The minimum atomic E-state index is -0.269. The first-order valence-electron chi connectivity index (χ1n) is 6.76. The van der Waals surface area contributed by atoms with Gasteiger partial charge in [0.1, 0.15) is 0 Å². The molecule has 110 valence electrons. The summed E-state index contributed by atoms with van der Waals surface area (Å²) in [4.78, 5) is 25.6. The van der Waals surface area contributed by atoms with E-state index in [4.69, 9.17) is 10.5 Å². The number of likely N-dealkylation sites (tertiary alicyclic amines) is 1. The summed E-state index contributed by atoms with van der Waals surface area (Å²) < 4.78 is 6.38. The Kier molecular flexibility index (Phi) is 4.26. The van der Waals surface area contributed by atoms with Crippen LogP contribution in [0.3, 0.4) is 0 Å². The van der Waals surface area contributed by atoms with Crippen LogP contribution in [0.2, 0.25) is 0 Å². The van der Waals surface area contributed by atoms with Crippen molar-refractivity contribution in [3.8, 4) is 0 Å². The summed E-state index contributed by atoms with van der Waals surface area (Å²) in [5.74, 6) is -0.745. The van der Waals surface area contributed by atoms with E-state index in [-0.39, 0.29) is 23.5 Å².